The van der Waals surface area contributed by atoms with Crippen LogP contribution in [0.4, 0.5) is 5.69 Å². The topological polar surface area (TPSA) is 130 Å². The summed E-state index contributed by atoms with van der Waals surface area (Å²) in [7, 11) is 0. The number of aryl methyl sites for hydroxylation is 1. The number of nitrogens with zero attached hydrogens (tertiary/aromatic N) is 4. The molecule has 0 spiro atoms. The van der Waals surface area contributed by atoms with Crippen LogP contribution in [0.2, 0.25) is 0 Å². The fraction of sp³-hybridized carbons (Fsp3) is 0.553. The second-order valence-corrected chi connectivity index (χ2v) is 11.6. The SMILES string of the molecule is C/C=C\CC.CC.CCOc1cc2c(cn1)NCC=C2/C=C\NC(=O)C1(N(CCCn2ccnc2)C(=O)CNC(=O)CC)CCCCCC1. The van der Waals surface area contributed by atoms with Crippen LogP contribution in [0.25, 0.3) is 5.57 Å². The summed E-state index contributed by atoms with van der Waals surface area (Å²) in [6, 6.07) is 1.89. The number of fused-ring (bicyclic) bond motifs is 1. The molecule has 1 aliphatic heterocycles. The van der Waals surface area contributed by atoms with Gasteiger partial charge in [0.25, 0.3) is 0 Å². The molecular weight excluding hydrogens is 618 g/mol. The van der Waals surface area contributed by atoms with Crippen LogP contribution >= 0.6 is 0 Å². The molecule has 49 heavy (non-hydrogen) atoms. The molecule has 0 saturated heterocycles. The monoisotopic (exact) mass is 677 g/mol. The molecular formula is C38H59N7O4. The van der Waals surface area contributed by atoms with Crippen molar-refractivity contribution < 1.29 is 19.1 Å². The summed E-state index contributed by atoms with van der Waals surface area (Å²) in [6.45, 7) is 13.9. The van der Waals surface area contributed by atoms with E-state index in [1.54, 1.807) is 36.7 Å². The second-order valence-electron chi connectivity index (χ2n) is 11.6. The van der Waals surface area contributed by atoms with E-state index in [2.05, 4.69) is 45.0 Å². The third kappa shape index (κ3) is 12.9. The van der Waals surface area contributed by atoms with Gasteiger partial charge in [-0.1, -0.05) is 71.6 Å². The molecule has 11 nitrogen and oxygen atoms in total. The van der Waals surface area contributed by atoms with Crippen molar-refractivity contribution in [3.05, 3.63) is 67.1 Å². The molecule has 3 amide bonds. The van der Waals surface area contributed by atoms with Crippen molar-refractivity contribution >= 4 is 29.0 Å². The van der Waals surface area contributed by atoms with Gasteiger partial charge in [0.15, 0.2) is 0 Å². The summed E-state index contributed by atoms with van der Waals surface area (Å²) in [4.78, 5) is 49.9. The van der Waals surface area contributed by atoms with Crippen LogP contribution in [0.1, 0.15) is 105 Å². The van der Waals surface area contributed by atoms with E-state index in [1.807, 2.05) is 56.7 Å². The molecule has 3 heterocycles. The molecule has 0 atom stereocenters. The van der Waals surface area contributed by atoms with Gasteiger partial charge < -0.3 is 30.2 Å². The predicted molar refractivity (Wildman–Crippen MR) is 198 cm³/mol. The van der Waals surface area contributed by atoms with E-state index < -0.39 is 5.54 Å². The number of carbonyl (C=O) groups is 3. The Morgan fingerprint density at radius 1 is 1.12 bits per heavy atom. The molecule has 3 N–H and O–H groups in total. The van der Waals surface area contributed by atoms with Crippen LogP contribution in [0, 0.1) is 0 Å². The summed E-state index contributed by atoms with van der Waals surface area (Å²) >= 11 is 0. The smallest absolute Gasteiger partial charge is 0.249 e. The lowest BCUT2D eigenvalue weighted by Crippen LogP contribution is -2.61. The van der Waals surface area contributed by atoms with Crippen molar-refractivity contribution in [3.8, 4) is 5.88 Å². The van der Waals surface area contributed by atoms with Gasteiger partial charge in [0.1, 0.15) is 5.54 Å². The molecule has 2 aromatic rings. The molecule has 0 radical (unpaired) electrons. The van der Waals surface area contributed by atoms with Crippen molar-refractivity contribution in [2.24, 2.45) is 0 Å². The zero-order valence-electron chi connectivity index (χ0n) is 30.6. The summed E-state index contributed by atoms with van der Waals surface area (Å²) in [6.07, 6.45) is 23.9. The molecule has 0 bridgehead atoms. The number of hydrogen-bond acceptors (Lipinski definition) is 7. The van der Waals surface area contributed by atoms with Gasteiger partial charge in [-0.3, -0.25) is 14.4 Å². The zero-order chi connectivity index (χ0) is 35.9. The lowest BCUT2D eigenvalue weighted by molar-refractivity contribution is -0.148. The van der Waals surface area contributed by atoms with Crippen molar-refractivity contribution in [1.29, 1.82) is 0 Å². The number of nitrogens with one attached hydrogen (secondary N) is 3. The molecule has 4 rings (SSSR count). The van der Waals surface area contributed by atoms with Gasteiger partial charge in [0.05, 0.1) is 31.4 Å². The van der Waals surface area contributed by atoms with Crippen molar-refractivity contribution in [2.45, 2.75) is 111 Å². The first-order valence-electron chi connectivity index (χ1n) is 18.1. The largest absolute Gasteiger partial charge is 0.478 e. The van der Waals surface area contributed by atoms with E-state index in [4.69, 9.17) is 4.74 Å². The fourth-order valence-electron chi connectivity index (χ4n) is 5.89. The number of carbonyl (C=O) groups excluding carboxylic acids is 3. The standard InChI is InChI=1S/C31H43N7O4.C5H10.C2H6/c1-3-27(39)35-22-29(40)38(18-9-17-37-19-16-32-23-37)31(12-7-5-6-8-13-31)30(41)34-15-11-24-10-14-33-26-21-36-28(42-4-2)20-25(24)26;1-3-5-4-2;1-2/h10-11,15-16,19-21,23,33H,3-9,12-14,17-18,22H2,1-2H3,(H,34,41)(H,35,39);3,5H,4H2,1-2H3;1-2H3/b15-11-;5-3-;. The molecule has 11 heteroatoms. The van der Waals surface area contributed by atoms with Gasteiger partial charge >= 0.3 is 0 Å². The first kappa shape index (κ1) is 40.8. The van der Waals surface area contributed by atoms with Gasteiger partial charge in [0, 0.05) is 56.3 Å². The first-order chi connectivity index (χ1) is 23.9. The van der Waals surface area contributed by atoms with E-state index in [0.29, 0.717) is 57.8 Å². The predicted octanol–water partition coefficient (Wildman–Crippen LogP) is 6.65. The number of amides is 3. The number of rotatable bonds is 14. The van der Waals surface area contributed by atoms with E-state index in [-0.39, 0.29) is 24.3 Å². The Balaban J connectivity index is 0.00000109. The maximum atomic E-state index is 14.1. The lowest BCUT2D eigenvalue weighted by Gasteiger charge is -2.42. The third-order valence-corrected chi connectivity index (χ3v) is 8.33. The van der Waals surface area contributed by atoms with Crippen LogP contribution in [-0.4, -0.2) is 68.9 Å². The van der Waals surface area contributed by atoms with Crippen LogP contribution < -0.4 is 20.7 Å². The molecule has 2 aliphatic rings. The minimum absolute atomic E-state index is 0.129. The number of anilines is 1. The van der Waals surface area contributed by atoms with E-state index in [9.17, 15) is 14.4 Å². The van der Waals surface area contributed by atoms with Gasteiger partial charge in [-0.15, -0.1) is 0 Å². The summed E-state index contributed by atoms with van der Waals surface area (Å²) < 4.78 is 7.54. The highest BCUT2D eigenvalue weighted by molar-refractivity contribution is 5.94. The fourth-order valence-corrected chi connectivity index (χ4v) is 5.89. The van der Waals surface area contributed by atoms with Gasteiger partial charge in [0.2, 0.25) is 23.6 Å². The maximum Gasteiger partial charge on any atom is 0.249 e. The normalized spacial score (nSPS) is 14.9. The quantitative estimate of drug-likeness (QED) is 0.151. The van der Waals surface area contributed by atoms with Gasteiger partial charge in [-0.25, -0.2) is 9.97 Å². The van der Waals surface area contributed by atoms with E-state index >= 15 is 0 Å². The second kappa shape index (κ2) is 23.0. The van der Waals surface area contributed by atoms with Crippen molar-refractivity contribution in [3.63, 3.8) is 0 Å². The minimum Gasteiger partial charge on any atom is -0.478 e. The lowest BCUT2D eigenvalue weighted by atomic mass is 9.86. The third-order valence-electron chi connectivity index (χ3n) is 8.33. The van der Waals surface area contributed by atoms with Gasteiger partial charge in [-0.05, 0) is 51.2 Å². The molecule has 2 aromatic heterocycles. The summed E-state index contributed by atoms with van der Waals surface area (Å²) in [5.74, 6) is -0.0877. The van der Waals surface area contributed by atoms with Gasteiger partial charge in [-0.2, -0.15) is 0 Å². The number of imidazole rings is 1. The van der Waals surface area contributed by atoms with Crippen molar-refractivity contribution in [2.75, 3.05) is 31.6 Å². The Labute approximate surface area is 293 Å². The Hall–Kier alpha value is -4.41. The van der Waals surface area contributed by atoms with Crippen LogP contribution in [0.15, 0.2) is 61.5 Å². The van der Waals surface area contributed by atoms with Crippen LogP contribution in [-0.2, 0) is 20.9 Å². The highest BCUT2D eigenvalue weighted by Crippen LogP contribution is 2.34. The number of aromatic nitrogens is 3. The highest BCUT2D eigenvalue weighted by atomic mass is 16.5. The Morgan fingerprint density at radius 3 is 2.49 bits per heavy atom. The molecule has 1 saturated carbocycles. The average molecular weight is 678 g/mol. The Morgan fingerprint density at radius 2 is 1.88 bits per heavy atom. The summed E-state index contributed by atoms with van der Waals surface area (Å²) in [5.41, 5.74) is 1.78. The average Bonchev–Trinajstić information content (AvgIpc) is 3.53. The zero-order valence-corrected chi connectivity index (χ0v) is 30.6. The maximum absolute atomic E-state index is 14.1. The molecule has 270 valence electrons. The van der Waals surface area contributed by atoms with E-state index in [0.717, 1.165) is 48.9 Å². The molecule has 0 unspecified atom stereocenters. The number of pyridine rings is 1. The minimum atomic E-state index is -1.00. The number of allylic oxidation sites excluding steroid dienone is 4. The highest BCUT2D eigenvalue weighted by Gasteiger charge is 2.45. The Bertz CT molecular complexity index is 1360. The summed E-state index contributed by atoms with van der Waals surface area (Å²) in [5, 5.41) is 9.06. The molecule has 1 aliphatic carbocycles. The van der Waals surface area contributed by atoms with Crippen LogP contribution in [0.3, 0.4) is 0 Å². The molecule has 0 aromatic carbocycles. The number of hydrogen-bond donors (Lipinski definition) is 3. The van der Waals surface area contributed by atoms with Crippen molar-refractivity contribution in [1.82, 2.24) is 30.1 Å². The first-order valence-corrected chi connectivity index (χ1v) is 18.1. The van der Waals surface area contributed by atoms with E-state index in [1.165, 1.54) is 0 Å². The number of ether oxygens (including phenoxy) is 1. The Kier molecular flexibility index (Phi) is 19.2. The van der Waals surface area contributed by atoms with Crippen LogP contribution in [0.5, 0.6) is 5.88 Å². The molecule has 1 fully saturated rings.